The fourth-order valence-corrected chi connectivity index (χ4v) is 2.57. The Morgan fingerprint density at radius 3 is 3.11 bits per heavy atom. The maximum atomic E-state index is 12.1. The molecule has 1 N–H and O–H groups in total. The van der Waals surface area contributed by atoms with Crippen molar-refractivity contribution >= 4 is 21.8 Å². The van der Waals surface area contributed by atoms with E-state index >= 15 is 0 Å². The predicted molar refractivity (Wildman–Crippen MR) is 71.5 cm³/mol. The third-order valence-electron chi connectivity index (χ3n) is 3.14. The molecule has 0 bridgehead atoms. The number of rotatable bonds is 4. The lowest BCUT2D eigenvalue weighted by atomic mass is 10.1. The third-order valence-corrected chi connectivity index (χ3v) is 3.72. The van der Waals surface area contributed by atoms with Crippen LogP contribution >= 0.6 is 15.9 Å². The van der Waals surface area contributed by atoms with E-state index in [0.29, 0.717) is 5.69 Å². The average molecular weight is 316 g/mol. The topological polar surface area (TPSA) is 56.2 Å². The summed E-state index contributed by atoms with van der Waals surface area (Å²) in [4.78, 5) is 12.1. The van der Waals surface area contributed by atoms with E-state index in [1.54, 1.807) is 4.68 Å². The van der Waals surface area contributed by atoms with Gasteiger partial charge in [0.15, 0.2) is 5.69 Å². The van der Waals surface area contributed by atoms with Gasteiger partial charge in [-0.1, -0.05) is 0 Å². The van der Waals surface area contributed by atoms with E-state index in [1.807, 2.05) is 20.0 Å². The predicted octanol–water partition coefficient (Wildman–Crippen LogP) is 1.96. The first-order chi connectivity index (χ1) is 8.61. The van der Waals surface area contributed by atoms with Gasteiger partial charge in [0.05, 0.1) is 16.6 Å². The van der Waals surface area contributed by atoms with E-state index in [0.717, 1.165) is 30.5 Å². The van der Waals surface area contributed by atoms with Crippen LogP contribution in [0.1, 0.15) is 37.2 Å². The molecule has 2 atom stereocenters. The third kappa shape index (κ3) is 2.92. The maximum absolute atomic E-state index is 12.1. The summed E-state index contributed by atoms with van der Waals surface area (Å²) >= 11 is 3.36. The quantitative estimate of drug-likeness (QED) is 0.924. The molecule has 1 aromatic rings. The minimum absolute atomic E-state index is 0.0127. The summed E-state index contributed by atoms with van der Waals surface area (Å²) in [5.41, 5.74) is 0.432. The number of carbonyl (C=O) groups is 1. The second-order valence-electron chi connectivity index (χ2n) is 4.49. The monoisotopic (exact) mass is 315 g/mol. The van der Waals surface area contributed by atoms with Crippen LogP contribution in [-0.4, -0.2) is 34.4 Å². The van der Waals surface area contributed by atoms with Gasteiger partial charge in [-0.25, -0.2) is 0 Å². The summed E-state index contributed by atoms with van der Waals surface area (Å²) in [5, 5.41) is 7.17. The molecule has 0 aliphatic carbocycles. The molecule has 2 rings (SSSR count). The largest absolute Gasteiger partial charge is 0.376 e. The van der Waals surface area contributed by atoms with E-state index in [2.05, 4.69) is 26.3 Å². The van der Waals surface area contributed by atoms with E-state index in [1.165, 1.54) is 0 Å². The zero-order chi connectivity index (χ0) is 13.1. The summed E-state index contributed by atoms with van der Waals surface area (Å²) in [7, 11) is 0. The minimum Gasteiger partial charge on any atom is -0.376 e. The molecule has 1 saturated heterocycles. The molecule has 0 radical (unpaired) electrons. The second-order valence-corrected chi connectivity index (χ2v) is 5.35. The highest BCUT2D eigenvalue weighted by Gasteiger charge is 2.25. The Hall–Kier alpha value is -0.880. The highest BCUT2D eigenvalue weighted by atomic mass is 79.9. The number of hydrogen-bond donors (Lipinski definition) is 1. The van der Waals surface area contributed by atoms with Crippen molar-refractivity contribution in [3.05, 3.63) is 16.4 Å². The van der Waals surface area contributed by atoms with Crippen molar-refractivity contribution in [2.75, 3.05) is 6.61 Å². The van der Waals surface area contributed by atoms with Crippen molar-refractivity contribution in [2.45, 2.75) is 45.4 Å². The average Bonchev–Trinajstić information content (AvgIpc) is 2.97. The van der Waals surface area contributed by atoms with Crippen LogP contribution in [0.2, 0.25) is 0 Å². The zero-order valence-electron chi connectivity index (χ0n) is 10.6. The molecule has 100 valence electrons. The van der Waals surface area contributed by atoms with Crippen LogP contribution in [0.5, 0.6) is 0 Å². The Bertz CT molecular complexity index is 427. The van der Waals surface area contributed by atoms with E-state index < -0.39 is 0 Å². The standard InChI is InChI=1S/C12H18BrN3O2/c1-3-16-7-9(13)11(15-16)12(17)14-8(2)10-5-4-6-18-10/h7-8,10H,3-6H2,1-2H3,(H,14,17). The van der Waals surface area contributed by atoms with Crippen molar-refractivity contribution in [3.63, 3.8) is 0 Å². The Morgan fingerprint density at radius 1 is 1.78 bits per heavy atom. The van der Waals surface area contributed by atoms with Crippen LogP contribution in [0.25, 0.3) is 0 Å². The van der Waals surface area contributed by atoms with Gasteiger partial charge >= 0.3 is 0 Å². The van der Waals surface area contributed by atoms with Crippen LogP contribution in [0, 0.1) is 0 Å². The highest BCUT2D eigenvalue weighted by molar-refractivity contribution is 9.10. The molecule has 18 heavy (non-hydrogen) atoms. The first-order valence-electron chi connectivity index (χ1n) is 6.27. The lowest BCUT2D eigenvalue weighted by Gasteiger charge is -2.19. The number of amides is 1. The molecule has 1 aliphatic rings. The molecule has 2 unspecified atom stereocenters. The first kappa shape index (κ1) is 13.5. The lowest BCUT2D eigenvalue weighted by molar-refractivity contribution is 0.0708. The first-order valence-corrected chi connectivity index (χ1v) is 7.06. The van der Waals surface area contributed by atoms with Crippen LogP contribution in [-0.2, 0) is 11.3 Å². The smallest absolute Gasteiger partial charge is 0.273 e. The van der Waals surface area contributed by atoms with Gasteiger partial charge in [-0.05, 0) is 42.6 Å². The number of carbonyl (C=O) groups excluding carboxylic acids is 1. The van der Waals surface area contributed by atoms with Gasteiger partial charge in [0.1, 0.15) is 0 Å². The van der Waals surface area contributed by atoms with Gasteiger partial charge in [0.2, 0.25) is 0 Å². The molecule has 0 saturated carbocycles. The number of nitrogens with zero attached hydrogens (tertiary/aromatic N) is 2. The minimum atomic E-state index is -0.155. The second kappa shape index (κ2) is 5.84. The summed E-state index contributed by atoms with van der Waals surface area (Å²) < 4.78 is 8.01. The maximum Gasteiger partial charge on any atom is 0.273 e. The fraction of sp³-hybridized carbons (Fsp3) is 0.667. The Labute approximate surface area is 115 Å². The van der Waals surface area contributed by atoms with E-state index in [-0.39, 0.29) is 18.1 Å². The molecule has 2 heterocycles. The fourth-order valence-electron chi connectivity index (χ4n) is 2.08. The number of aryl methyl sites for hydroxylation is 1. The van der Waals surface area contributed by atoms with Gasteiger partial charge in [-0.2, -0.15) is 5.10 Å². The SMILES string of the molecule is CCn1cc(Br)c(C(=O)NC(C)C2CCCO2)n1. The van der Waals surface area contributed by atoms with Gasteiger partial charge in [-0.3, -0.25) is 9.48 Å². The summed E-state index contributed by atoms with van der Waals surface area (Å²) in [5.74, 6) is -0.155. The molecule has 1 aliphatic heterocycles. The van der Waals surface area contributed by atoms with Crippen molar-refractivity contribution in [1.29, 1.82) is 0 Å². The van der Waals surface area contributed by atoms with Crippen LogP contribution < -0.4 is 5.32 Å². The molecular weight excluding hydrogens is 298 g/mol. The van der Waals surface area contributed by atoms with Crippen molar-refractivity contribution in [2.24, 2.45) is 0 Å². The van der Waals surface area contributed by atoms with Gasteiger partial charge < -0.3 is 10.1 Å². The van der Waals surface area contributed by atoms with Crippen LogP contribution in [0.3, 0.4) is 0 Å². The number of halogens is 1. The number of aromatic nitrogens is 2. The Balaban J connectivity index is 1.99. The van der Waals surface area contributed by atoms with Crippen molar-refractivity contribution in [3.8, 4) is 0 Å². The van der Waals surface area contributed by atoms with Crippen LogP contribution in [0.4, 0.5) is 0 Å². The molecule has 0 spiro atoms. The summed E-state index contributed by atoms with van der Waals surface area (Å²) in [6.07, 6.45) is 4.01. The molecule has 5 nitrogen and oxygen atoms in total. The van der Waals surface area contributed by atoms with Gasteiger partial charge in [0, 0.05) is 19.3 Å². The van der Waals surface area contributed by atoms with Gasteiger partial charge in [-0.15, -0.1) is 0 Å². The normalized spacial score (nSPS) is 20.9. The zero-order valence-corrected chi connectivity index (χ0v) is 12.2. The van der Waals surface area contributed by atoms with Gasteiger partial charge in [0.25, 0.3) is 5.91 Å². The molecule has 6 heteroatoms. The number of ether oxygens (including phenoxy) is 1. The Kier molecular flexibility index (Phi) is 4.40. The van der Waals surface area contributed by atoms with Crippen molar-refractivity contribution < 1.29 is 9.53 Å². The molecule has 1 amide bonds. The van der Waals surface area contributed by atoms with E-state index in [9.17, 15) is 4.79 Å². The lowest BCUT2D eigenvalue weighted by Crippen LogP contribution is -2.41. The van der Waals surface area contributed by atoms with Crippen molar-refractivity contribution in [1.82, 2.24) is 15.1 Å². The Morgan fingerprint density at radius 2 is 2.56 bits per heavy atom. The number of hydrogen-bond acceptors (Lipinski definition) is 3. The summed E-state index contributed by atoms with van der Waals surface area (Å²) in [6.45, 7) is 5.49. The van der Waals surface area contributed by atoms with Crippen LogP contribution in [0.15, 0.2) is 10.7 Å². The van der Waals surface area contributed by atoms with E-state index in [4.69, 9.17) is 4.74 Å². The number of nitrogens with one attached hydrogen (secondary N) is 1. The summed E-state index contributed by atoms with van der Waals surface area (Å²) in [6, 6.07) is 0.0127. The molecule has 0 aromatic carbocycles. The molecule has 1 aromatic heterocycles. The molecular formula is C12H18BrN3O2. The highest BCUT2D eigenvalue weighted by Crippen LogP contribution is 2.18. The molecule has 1 fully saturated rings.